The van der Waals surface area contributed by atoms with Crippen molar-refractivity contribution in [1.82, 2.24) is 4.90 Å². The van der Waals surface area contributed by atoms with Gasteiger partial charge in [0.25, 0.3) is 5.91 Å². The minimum absolute atomic E-state index is 0.0409. The number of likely N-dealkylation sites (N-methyl/N-ethyl adjacent to an activating group) is 1. The number of aryl methyl sites for hydroxylation is 2. The summed E-state index contributed by atoms with van der Waals surface area (Å²) in [5.74, 6) is 1.28. The van der Waals surface area contributed by atoms with Gasteiger partial charge in [0.15, 0.2) is 16.7 Å². The normalized spacial score (nSPS) is 15.5. The number of amidine groups is 1. The molecular weight excluding hydrogens is 504 g/mol. The van der Waals surface area contributed by atoms with Crippen molar-refractivity contribution in [3.05, 3.63) is 106 Å². The molecule has 1 fully saturated rings. The Balaban J connectivity index is 1.40. The molecule has 1 saturated heterocycles. The molecule has 5 nitrogen and oxygen atoms in total. The summed E-state index contributed by atoms with van der Waals surface area (Å²) in [6.45, 7) is 9.49. The van der Waals surface area contributed by atoms with Gasteiger partial charge in [-0.1, -0.05) is 60.7 Å². The van der Waals surface area contributed by atoms with Crippen molar-refractivity contribution in [2.24, 2.45) is 4.99 Å². The first-order chi connectivity index (χ1) is 19.0. The number of carbonyl (C=O) groups is 1. The zero-order valence-electron chi connectivity index (χ0n) is 22.7. The summed E-state index contributed by atoms with van der Waals surface area (Å²) in [5.41, 5.74) is 5.09. The molecule has 1 aliphatic rings. The quantitative estimate of drug-likeness (QED) is 0.214. The Hall–Kier alpha value is -4.03. The van der Waals surface area contributed by atoms with Gasteiger partial charge in [-0.05, 0) is 96.8 Å². The Morgan fingerprint density at radius 3 is 2.54 bits per heavy atom. The molecule has 0 N–H and O–H groups in total. The summed E-state index contributed by atoms with van der Waals surface area (Å²) in [6, 6.07) is 26.5. The van der Waals surface area contributed by atoms with Crippen LogP contribution in [-0.4, -0.2) is 29.1 Å². The fraction of sp³-hybridized carbons (Fsp3) is 0.212. The molecule has 198 valence electrons. The number of aliphatic imine (C=N–C) groups is 1. The molecule has 0 radical (unpaired) electrons. The van der Waals surface area contributed by atoms with Crippen LogP contribution >= 0.6 is 11.8 Å². The van der Waals surface area contributed by atoms with Gasteiger partial charge in [0.2, 0.25) is 0 Å². The first-order valence-electron chi connectivity index (χ1n) is 13.2. The van der Waals surface area contributed by atoms with E-state index in [4.69, 9.17) is 14.5 Å². The van der Waals surface area contributed by atoms with Crippen molar-refractivity contribution in [3.63, 3.8) is 0 Å². The van der Waals surface area contributed by atoms with Gasteiger partial charge < -0.3 is 9.47 Å². The van der Waals surface area contributed by atoms with E-state index in [1.807, 2.05) is 76.2 Å². The minimum Gasteiger partial charge on any atom is -0.490 e. The molecule has 0 bridgehead atoms. The van der Waals surface area contributed by atoms with E-state index in [2.05, 4.69) is 36.4 Å². The van der Waals surface area contributed by atoms with Crippen LogP contribution in [0.1, 0.15) is 36.1 Å². The zero-order chi connectivity index (χ0) is 27.4. The lowest BCUT2D eigenvalue weighted by Crippen LogP contribution is -2.28. The highest BCUT2D eigenvalue weighted by Gasteiger charge is 2.32. The smallest absolute Gasteiger partial charge is 0.266 e. The van der Waals surface area contributed by atoms with Crippen LogP contribution in [-0.2, 0) is 11.4 Å². The Kier molecular flexibility index (Phi) is 8.03. The van der Waals surface area contributed by atoms with Crippen molar-refractivity contribution < 1.29 is 14.3 Å². The van der Waals surface area contributed by atoms with Crippen molar-refractivity contribution in [3.8, 4) is 11.5 Å². The van der Waals surface area contributed by atoms with Crippen LogP contribution in [0.2, 0.25) is 0 Å². The Labute approximate surface area is 234 Å². The van der Waals surface area contributed by atoms with Crippen LogP contribution in [0.3, 0.4) is 0 Å². The van der Waals surface area contributed by atoms with Gasteiger partial charge in [-0.25, -0.2) is 4.99 Å². The molecule has 1 amide bonds. The molecule has 1 aliphatic heterocycles. The molecule has 0 aromatic heterocycles. The van der Waals surface area contributed by atoms with E-state index < -0.39 is 0 Å². The number of ether oxygens (including phenoxy) is 2. The lowest BCUT2D eigenvalue weighted by molar-refractivity contribution is -0.122. The second-order valence-electron chi connectivity index (χ2n) is 9.41. The van der Waals surface area contributed by atoms with Crippen LogP contribution in [0.4, 0.5) is 5.69 Å². The van der Waals surface area contributed by atoms with E-state index in [0.29, 0.717) is 41.3 Å². The number of hydrogen-bond donors (Lipinski definition) is 0. The predicted octanol–water partition coefficient (Wildman–Crippen LogP) is 8.06. The van der Waals surface area contributed by atoms with Gasteiger partial charge >= 0.3 is 0 Å². The third-order valence-electron chi connectivity index (χ3n) is 6.61. The lowest BCUT2D eigenvalue weighted by Gasteiger charge is -2.14. The molecule has 6 heteroatoms. The van der Waals surface area contributed by atoms with Gasteiger partial charge in [-0.15, -0.1) is 0 Å². The molecule has 0 atom stereocenters. The van der Waals surface area contributed by atoms with Crippen molar-refractivity contribution in [1.29, 1.82) is 0 Å². The Bertz CT molecular complexity index is 1590. The molecule has 1 heterocycles. The van der Waals surface area contributed by atoms with Crippen LogP contribution in [0.15, 0.2) is 88.8 Å². The van der Waals surface area contributed by atoms with E-state index in [1.165, 1.54) is 22.5 Å². The number of amides is 1. The van der Waals surface area contributed by atoms with Crippen LogP contribution < -0.4 is 9.47 Å². The topological polar surface area (TPSA) is 51.1 Å². The summed E-state index contributed by atoms with van der Waals surface area (Å²) in [7, 11) is 0. The van der Waals surface area contributed by atoms with Crippen LogP contribution in [0.25, 0.3) is 16.8 Å². The van der Waals surface area contributed by atoms with E-state index in [9.17, 15) is 4.79 Å². The van der Waals surface area contributed by atoms with E-state index in [0.717, 1.165) is 27.9 Å². The number of hydrogen-bond acceptors (Lipinski definition) is 5. The molecule has 0 aliphatic carbocycles. The molecule has 0 spiro atoms. The second kappa shape index (κ2) is 11.8. The molecule has 4 aromatic rings. The Morgan fingerprint density at radius 1 is 0.897 bits per heavy atom. The summed E-state index contributed by atoms with van der Waals surface area (Å²) in [4.78, 5) is 20.4. The third-order valence-corrected chi connectivity index (χ3v) is 7.62. The van der Waals surface area contributed by atoms with Gasteiger partial charge in [0.1, 0.15) is 6.61 Å². The number of fused-ring (bicyclic) bond motifs is 1. The fourth-order valence-electron chi connectivity index (χ4n) is 4.54. The van der Waals surface area contributed by atoms with E-state index in [-0.39, 0.29) is 5.91 Å². The standard InChI is InChI=1S/C33H32N2O3S/c1-5-35-32(36)31(39-33(35)34-28-18-22(3)14-15-23(28)4)20-24-16-17-29(30(19-24)37-6-2)38-21-26-12-9-11-25-10-7-8-13-27(25)26/h7-20H,5-6,21H2,1-4H3/b31-20+,34-33?. The molecular formula is C33H32N2O3S. The largest absolute Gasteiger partial charge is 0.490 e. The van der Waals surface area contributed by atoms with Gasteiger partial charge in [0, 0.05) is 6.54 Å². The maximum atomic E-state index is 13.2. The Morgan fingerprint density at radius 2 is 1.72 bits per heavy atom. The molecule has 0 saturated carbocycles. The number of nitrogens with zero attached hydrogens (tertiary/aromatic N) is 2. The predicted molar refractivity (Wildman–Crippen MR) is 162 cm³/mol. The highest BCUT2D eigenvalue weighted by molar-refractivity contribution is 8.18. The number of rotatable bonds is 8. The number of carbonyl (C=O) groups excluding carboxylic acids is 1. The van der Waals surface area contributed by atoms with E-state index >= 15 is 0 Å². The first kappa shape index (κ1) is 26.6. The number of thioether (sulfide) groups is 1. The maximum Gasteiger partial charge on any atom is 0.266 e. The highest BCUT2D eigenvalue weighted by Crippen LogP contribution is 2.37. The first-order valence-corrected chi connectivity index (χ1v) is 14.0. The highest BCUT2D eigenvalue weighted by atomic mass is 32.2. The summed E-state index contributed by atoms with van der Waals surface area (Å²) in [5, 5.41) is 3.06. The molecule has 5 rings (SSSR count). The zero-order valence-corrected chi connectivity index (χ0v) is 23.5. The average Bonchev–Trinajstić information content (AvgIpc) is 3.23. The van der Waals surface area contributed by atoms with Crippen LogP contribution in [0, 0.1) is 13.8 Å². The van der Waals surface area contributed by atoms with Gasteiger partial charge in [0.05, 0.1) is 17.2 Å². The number of benzene rings is 4. The molecule has 39 heavy (non-hydrogen) atoms. The maximum absolute atomic E-state index is 13.2. The monoisotopic (exact) mass is 536 g/mol. The fourth-order valence-corrected chi connectivity index (χ4v) is 5.60. The third kappa shape index (κ3) is 5.86. The van der Waals surface area contributed by atoms with Crippen molar-refractivity contribution >= 4 is 45.4 Å². The molecule has 4 aromatic carbocycles. The van der Waals surface area contributed by atoms with Gasteiger partial charge in [-0.3, -0.25) is 9.69 Å². The summed E-state index contributed by atoms with van der Waals surface area (Å²) in [6.07, 6.45) is 1.90. The SMILES string of the molecule is CCOc1cc(/C=C2/SC(=Nc3cc(C)ccc3C)N(CC)C2=O)ccc1OCc1cccc2ccccc12. The van der Waals surface area contributed by atoms with Crippen molar-refractivity contribution in [2.45, 2.75) is 34.3 Å². The second-order valence-corrected chi connectivity index (χ2v) is 10.4. The summed E-state index contributed by atoms with van der Waals surface area (Å²) < 4.78 is 12.2. The molecule has 0 unspecified atom stereocenters. The van der Waals surface area contributed by atoms with Gasteiger partial charge in [-0.2, -0.15) is 0 Å². The average molecular weight is 537 g/mol. The summed E-state index contributed by atoms with van der Waals surface area (Å²) >= 11 is 1.40. The lowest BCUT2D eigenvalue weighted by atomic mass is 10.1. The minimum atomic E-state index is -0.0409. The van der Waals surface area contributed by atoms with Crippen LogP contribution in [0.5, 0.6) is 11.5 Å². The van der Waals surface area contributed by atoms with Crippen molar-refractivity contribution in [2.75, 3.05) is 13.2 Å². The van der Waals surface area contributed by atoms with E-state index in [1.54, 1.807) is 4.90 Å².